The zero-order chi connectivity index (χ0) is 15.4. The summed E-state index contributed by atoms with van der Waals surface area (Å²) >= 11 is 0. The highest BCUT2D eigenvalue weighted by atomic mass is 19.1. The van der Waals surface area contributed by atoms with Crippen molar-refractivity contribution in [1.82, 2.24) is 9.80 Å². The van der Waals surface area contributed by atoms with Crippen molar-refractivity contribution in [3.05, 3.63) is 30.1 Å². The van der Waals surface area contributed by atoms with Crippen molar-refractivity contribution in [1.29, 1.82) is 0 Å². The lowest BCUT2D eigenvalue weighted by Gasteiger charge is -2.38. The predicted molar refractivity (Wildman–Crippen MR) is 74.1 cm³/mol. The van der Waals surface area contributed by atoms with Crippen molar-refractivity contribution in [2.24, 2.45) is 5.73 Å². The molecule has 1 atom stereocenters. The molecule has 1 heterocycles. The van der Waals surface area contributed by atoms with Gasteiger partial charge in [-0.15, -0.1) is 0 Å². The van der Waals surface area contributed by atoms with E-state index in [0.717, 1.165) is 0 Å². The third-order valence-electron chi connectivity index (χ3n) is 3.42. The molecule has 7 heteroatoms. The molecule has 0 bridgehead atoms. The molecule has 1 aromatic carbocycles. The molecule has 1 aliphatic rings. The van der Waals surface area contributed by atoms with Gasteiger partial charge in [0.05, 0.1) is 0 Å². The fourth-order valence-corrected chi connectivity index (χ4v) is 2.25. The number of nitrogens with two attached hydrogens (primary N) is 1. The Labute approximate surface area is 122 Å². The van der Waals surface area contributed by atoms with Gasteiger partial charge in [0.25, 0.3) is 5.91 Å². The molecule has 1 aliphatic heterocycles. The molecule has 0 spiro atoms. The van der Waals surface area contributed by atoms with E-state index < -0.39 is 17.8 Å². The van der Waals surface area contributed by atoms with E-state index in [9.17, 15) is 14.0 Å². The summed E-state index contributed by atoms with van der Waals surface area (Å²) in [6.45, 7) is 1.11. The van der Waals surface area contributed by atoms with E-state index >= 15 is 0 Å². The molecule has 1 unspecified atom stereocenters. The Hall–Kier alpha value is -2.15. The zero-order valence-corrected chi connectivity index (χ0v) is 11.8. The lowest BCUT2D eigenvalue weighted by atomic mass is 10.1. The summed E-state index contributed by atoms with van der Waals surface area (Å²) in [6, 6.07) is 5.17. The summed E-state index contributed by atoms with van der Waals surface area (Å²) in [5.41, 5.74) is 5.33. The number of hydrogen-bond donors (Lipinski definition) is 1. The van der Waals surface area contributed by atoms with E-state index in [1.54, 1.807) is 6.07 Å². The van der Waals surface area contributed by atoms with Crippen LogP contribution in [0.1, 0.15) is 0 Å². The summed E-state index contributed by atoms with van der Waals surface area (Å²) in [7, 11) is 1.85. The van der Waals surface area contributed by atoms with Gasteiger partial charge in [-0.3, -0.25) is 9.59 Å². The number of ether oxygens (including phenoxy) is 1. The number of amides is 2. The van der Waals surface area contributed by atoms with E-state index in [4.69, 9.17) is 10.5 Å². The molecule has 0 radical (unpaired) electrons. The summed E-state index contributed by atoms with van der Waals surface area (Å²) in [5.74, 6) is -1.46. The van der Waals surface area contributed by atoms with Gasteiger partial charge in [0.2, 0.25) is 5.91 Å². The Balaban J connectivity index is 1.99. The molecule has 0 aliphatic carbocycles. The molecule has 1 aromatic rings. The van der Waals surface area contributed by atoms with Gasteiger partial charge < -0.3 is 20.3 Å². The van der Waals surface area contributed by atoms with Gasteiger partial charge in [0.1, 0.15) is 6.04 Å². The average molecular weight is 295 g/mol. The zero-order valence-electron chi connectivity index (χ0n) is 11.8. The van der Waals surface area contributed by atoms with Gasteiger partial charge in [-0.2, -0.15) is 0 Å². The second-order valence-corrected chi connectivity index (χ2v) is 4.99. The minimum atomic E-state index is -0.680. The minimum absolute atomic E-state index is 0.00982. The first-order valence-electron chi connectivity index (χ1n) is 6.63. The number of benzene rings is 1. The van der Waals surface area contributed by atoms with Gasteiger partial charge in [-0.25, -0.2) is 4.39 Å². The van der Waals surface area contributed by atoms with E-state index in [0.29, 0.717) is 19.6 Å². The van der Waals surface area contributed by atoms with Crippen LogP contribution in [0.15, 0.2) is 24.3 Å². The lowest BCUT2D eigenvalue weighted by molar-refractivity contribution is -0.144. The topological polar surface area (TPSA) is 75.9 Å². The van der Waals surface area contributed by atoms with Gasteiger partial charge in [-0.1, -0.05) is 12.1 Å². The molecule has 0 aromatic heterocycles. The van der Waals surface area contributed by atoms with Crippen LogP contribution in [0.3, 0.4) is 0 Å². The molecular weight excluding hydrogens is 277 g/mol. The van der Waals surface area contributed by atoms with Crippen molar-refractivity contribution in [2.75, 3.05) is 33.3 Å². The van der Waals surface area contributed by atoms with E-state index in [1.807, 2.05) is 11.9 Å². The van der Waals surface area contributed by atoms with Crippen LogP contribution in [0, 0.1) is 5.82 Å². The number of para-hydroxylation sites is 1. The second kappa shape index (κ2) is 6.53. The van der Waals surface area contributed by atoms with Crippen LogP contribution in [-0.4, -0.2) is 60.9 Å². The second-order valence-electron chi connectivity index (χ2n) is 4.99. The molecule has 2 rings (SSSR count). The number of piperazine rings is 1. The maximum atomic E-state index is 13.4. The normalized spacial score (nSPS) is 19.3. The molecule has 2 amide bonds. The number of carbonyl (C=O) groups is 2. The van der Waals surface area contributed by atoms with Gasteiger partial charge in [0.15, 0.2) is 18.2 Å². The third-order valence-corrected chi connectivity index (χ3v) is 3.42. The molecule has 21 heavy (non-hydrogen) atoms. The van der Waals surface area contributed by atoms with Crippen molar-refractivity contribution >= 4 is 11.8 Å². The summed E-state index contributed by atoms with van der Waals surface area (Å²) < 4.78 is 18.6. The third kappa shape index (κ3) is 3.69. The number of primary amides is 1. The first kappa shape index (κ1) is 15.2. The van der Waals surface area contributed by atoms with Crippen LogP contribution in [-0.2, 0) is 9.59 Å². The van der Waals surface area contributed by atoms with Crippen LogP contribution in [0.5, 0.6) is 5.75 Å². The first-order chi connectivity index (χ1) is 9.99. The maximum Gasteiger partial charge on any atom is 0.261 e. The Bertz CT molecular complexity index is 538. The molecule has 1 fully saturated rings. The highest BCUT2D eigenvalue weighted by Gasteiger charge is 2.32. The van der Waals surface area contributed by atoms with Crippen molar-refractivity contribution in [2.45, 2.75) is 6.04 Å². The van der Waals surface area contributed by atoms with Gasteiger partial charge in [-0.05, 0) is 19.2 Å². The number of hydrogen-bond acceptors (Lipinski definition) is 4. The summed E-state index contributed by atoms with van der Waals surface area (Å²) in [5, 5.41) is 0. The molecule has 1 saturated heterocycles. The maximum absolute atomic E-state index is 13.4. The quantitative estimate of drug-likeness (QED) is 0.837. The number of carbonyl (C=O) groups excluding carboxylic acids is 2. The van der Waals surface area contributed by atoms with E-state index in [2.05, 4.69) is 0 Å². The van der Waals surface area contributed by atoms with E-state index in [1.165, 1.54) is 23.1 Å². The van der Waals surface area contributed by atoms with Gasteiger partial charge >= 0.3 is 0 Å². The minimum Gasteiger partial charge on any atom is -0.481 e. The molecular formula is C14H18FN3O3. The lowest BCUT2D eigenvalue weighted by Crippen LogP contribution is -2.59. The fraction of sp³-hybridized carbons (Fsp3) is 0.429. The number of rotatable bonds is 4. The van der Waals surface area contributed by atoms with E-state index in [-0.39, 0.29) is 18.3 Å². The van der Waals surface area contributed by atoms with Crippen molar-refractivity contribution in [3.63, 3.8) is 0 Å². The summed E-state index contributed by atoms with van der Waals surface area (Å²) in [6.07, 6.45) is 0. The Morgan fingerprint density at radius 1 is 1.38 bits per heavy atom. The van der Waals surface area contributed by atoms with Crippen LogP contribution < -0.4 is 10.5 Å². The van der Waals surface area contributed by atoms with Crippen LogP contribution in [0.25, 0.3) is 0 Å². The first-order valence-corrected chi connectivity index (χ1v) is 6.63. The Kier molecular flexibility index (Phi) is 4.74. The number of likely N-dealkylation sites (N-methyl/N-ethyl adjacent to an activating group) is 1. The van der Waals surface area contributed by atoms with Crippen LogP contribution in [0.4, 0.5) is 4.39 Å². The Morgan fingerprint density at radius 2 is 2.10 bits per heavy atom. The SMILES string of the molecule is CN1CCN(C(=O)COc2ccccc2F)C(C(N)=O)C1. The smallest absolute Gasteiger partial charge is 0.261 e. The molecule has 2 N–H and O–H groups in total. The highest BCUT2D eigenvalue weighted by Crippen LogP contribution is 2.16. The molecule has 0 saturated carbocycles. The predicted octanol–water partition coefficient (Wildman–Crippen LogP) is -0.168. The number of nitrogens with zero attached hydrogens (tertiary/aromatic N) is 2. The van der Waals surface area contributed by atoms with Crippen molar-refractivity contribution < 1.29 is 18.7 Å². The molecule has 6 nitrogen and oxygen atoms in total. The monoisotopic (exact) mass is 295 g/mol. The summed E-state index contributed by atoms with van der Waals surface area (Å²) in [4.78, 5) is 26.9. The van der Waals surface area contributed by atoms with Crippen LogP contribution >= 0.6 is 0 Å². The van der Waals surface area contributed by atoms with Crippen LogP contribution in [0.2, 0.25) is 0 Å². The Morgan fingerprint density at radius 3 is 2.76 bits per heavy atom. The molecule has 114 valence electrons. The highest BCUT2D eigenvalue weighted by molar-refractivity contribution is 5.87. The standard InChI is InChI=1S/C14H18FN3O3/c1-17-6-7-18(11(8-17)14(16)20)13(19)9-21-12-5-3-2-4-10(12)15/h2-5,11H,6-9H2,1H3,(H2,16,20). The van der Waals surface area contributed by atoms with Crippen molar-refractivity contribution in [3.8, 4) is 5.75 Å². The fourth-order valence-electron chi connectivity index (χ4n) is 2.25. The number of halogens is 1. The van der Waals surface area contributed by atoms with Gasteiger partial charge in [0, 0.05) is 19.6 Å². The average Bonchev–Trinajstić information content (AvgIpc) is 2.46. The largest absolute Gasteiger partial charge is 0.481 e.